The molecule has 3 aromatic rings. The Morgan fingerprint density at radius 2 is 1.96 bits per heavy atom. The van der Waals surface area contributed by atoms with Crippen LogP contribution in [0.3, 0.4) is 0 Å². The Labute approximate surface area is 156 Å². The largest absolute Gasteiger partial charge is 0.476 e. The van der Waals surface area contributed by atoms with Crippen molar-refractivity contribution in [2.75, 3.05) is 18.5 Å². The minimum atomic E-state index is -1.09. The molecule has 0 saturated heterocycles. The van der Waals surface area contributed by atoms with Gasteiger partial charge >= 0.3 is 5.97 Å². The number of anilines is 1. The molecule has 0 aliphatic carbocycles. The standard InChI is InChI=1S/C19H20FN5O2/c1-24(18-12-21-16(11-22-18)19(26)27)9-3-4-15-10-17(25(2)23-15)13-5-7-14(20)8-6-13/h5-8,10-12H,3-4,9H2,1-2H3,(H,26,27). The molecule has 2 aromatic heterocycles. The Morgan fingerprint density at radius 1 is 1.22 bits per heavy atom. The molecule has 0 fully saturated rings. The van der Waals surface area contributed by atoms with Crippen molar-refractivity contribution < 1.29 is 14.3 Å². The van der Waals surface area contributed by atoms with Crippen molar-refractivity contribution in [3.8, 4) is 11.3 Å². The molecule has 0 bridgehead atoms. The molecule has 1 aromatic carbocycles. The van der Waals surface area contributed by atoms with Gasteiger partial charge in [-0.15, -0.1) is 0 Å². The highest BCUT2D eigenvalue weighted by molar-refractivity contribution is 5.84. The number of carboxylic acid groups (broad SMARTS) is 1. The molecule has 0 aliphatic rings. The summed E-state index contributed by atoms with van der Waals surface area (Å²) in [5.74, 6) is -0.736. The van der Waals surface area contributed by atoms with E-state index in [2.05, 4.69) is 15.1 Å². The summed E-state index contributed by atoms with van der Waals surface area (Å²) in [6.45, 7) is 0.726. The molecule has 0 radical (unpaired) electrons. The van der Waals surface area contributed by atoms with Gasteiger partial charge in [-0.2, -0.15) is 5.10 Å². The Kier molecular flexibility index (Phi) is 5.44. The highest BCUT2D eigenvalue weighted by Crippen LogP contribution is 2.21. The van der Waals surface area contributed by atoms with E-state index in [1.807, 2.05) is 25.1 Å². The minimum Gasteiger partial charge on any atom is -0.476 e. The third-order valence-electron chi connectivity index (χ3n) is 4.25. The van der Waals surface area contributed by atoms with Gasteiger partial charge in [-0.3, -0.25) is 4.68 Å². The summed E-state index contributed by atoms with van der Waals surface area (Å²) in [4.78, 5) is 20.7. The molecule has 0 amide bonds. The fraction of sp³-hybridized carbons (Fsp3) is 0.263. The van der Waals surface area contributed by atoms with Gasteiger partial charge in [0.25, 0.3) is 0 Å². The first-order valence-electron chi connectivity index (χ1n) is 8.49. The third kappa shape index (κ3) is 4.46. The number of carbonyl (C=O) groups is 1. The summed E-state index contributed by atoms with van der Waals surface area (Å²) in [7, 11) is 3.75. The minimum absolute atomic E-state index is 0.0750. The molecule has 2 heterocycles. The lowest BCUT2D eigenvalue weighted by molar-refractivity contribution is 0.0690. The van der Waals surface area contributed by atoms with Crippen LogP contribution in [0.15, 0.2) is 42.7 Å². The quantitative estimate of drug-likeness (QED) is 0.689. The summed E-state index contributed by atoms with van der Waals surface area (Å²) in [6, 6.07) is 8.36. The molecule has 0 atom stereocenters. The van der Waals surface area contributed by atoms with Gasteiger partial charge in [0, 0.05) is 20.6 Å². The molecular weight excluding hydrogens is 349 g/mol. The summed E-state index contributed by atoms with van der Waals surface area (Å²) < 4.78 is 14.9. The molecule has 0 saturated carbocycles. The number of rotatable bonds is 7. The van der Waals surface area contributed by atoms with E-state index in [0.29, 0.717) is 5.82 Å². The maximum absolute atomic E-state index is 13.1. The van der Waals surface area contributed by atoms with Crippen LogP contribution in [0, 0.1) is 5.82 Å². The number of hydrogen-bond donors (Lipinski definition) is 1. The van der Waals surface area contributed by atoms with Crippen molar-refractivity contribution in [3.63, 3.8) is 0 Å². The fourth-order valence-corrected chi connectivity index (χ4v) is 2.78. The van der Waals surface area contributed by atoms with Gasteiger partial charge in [0.2, 0.25) is 0 Å². The first kappa shape index (κ1) is 18.5. The number of aryl methyl sites for hydroxylation is 2. The van der Waals surface area contributed by atoms with Gasteiger partial charge in [-0.1, -0.05) is 0 Å². The topological polar surface area (TPSA) is 84.1 Å². The molecule has 140 valence electrons. The van der Waals surface area contributed by atoms with E-state index in [-0.39, 0.29) is 11.5 Å². The third-order valence-corrected chi connectivity index (χ3v) is 4.25. The number of carboxylic acids is 1. The number of aromatic nitrogens is 4. The second-order valence-electron chi connectivity index (χ2n) is 6.24. The van der Waals surface area contributed by atoms with Crippen molar-refractivity contribution in [2.45, 2.75) is 12.8 Å². The van der Waals surface area contributed by atoms with Gasteiger partial charge in [-0.05, 0) is 48.7 Å². The average molecular weight is 369 g/mol. The van der Waals surface area contributed by atoms with Crippen molar-refractivity contribution in [3.05, 3.63) is 59.9 Å². The van der Waals surface area contributed by atoms with Crippen LogP contribution in [0.4, 0.5) is 10.2 Å². The monoisotopic (exact) mass is 369 g/mol. The second-order valence-corrected chi connectivity index (χ2v) is 6.24. The molecule has 0 unspecified atom stereocenters. The molecular formula is C19H20FN5O2. The predicted octanol–water partition coefficient (Wildman–Crippen LogP) is 2.78. The summed E-state index contributed by atoms with van der Waals surface area (Å²) in [6.07, 6.45) is 4.33. The predicted molar refractivity (Wildman–Crippen MR) is 99.2 cm³/mol. The maximum atomic E-state index is 13.1. The molecule has 8 heteroatoms. The highest BCUT2D eigenvalue weighted by Gasteiger charge is 2.10. The zero-order chi connectivity index (χ0) is 19.4. The lowest BCUT2D eigenvalue weighted by atomic mass is 10.1. The fourth-order valence-electron chi connectivity index (χ4n) is 2.78. The Hall–Kier alpha value is -3.29. The van der Waals surface area contributed by atoms with E-state index >= 15 is 0 Å². The van der Waals surface area contributed by atoms with Crippen LogP contribution >= 0.6 is 0 Å². The van der Waals surface area contributed by atoms with Crippen LogP contribution in [0.25, 0.3) is 11.3 Å². The van der Waals surface area contributed by atoms with Gasteiger partial charge in [0.15, 0.2) is 5.69 Å². The van der Waals surface area contributed by atoms with Crippen LogP contribution in [-0.2, 0) is 13.5 Å². The van der Waals surface area contributed by atoms with Crippen LogP contribution < -0.4 is 4.90 Å². The van der Waals surface area contributed by atoms with Gasteiger partial charge < -0.3 is 10.0 Å². The molecule has 1 N–H and O–H groups in total. The molecule has 7 nitrogen and oxygen atoms in total. The zero-order valence-electron chi connectivity index (χ0n) is 15.1. The van der Waals surface area contributed by atoms with E-state index in [1.54, 1.807) is 16.8 Å². The zero-order valence-corrected chi connectivity index (χ0v) is 15.1. The number of halogens is 1. The molecule has 3 rings (SSSR count). The highest BCUT2D eigenvalue weighted by atomic mass is 19.1. The van der Waals surface area contributed by atoms with E-state index in [4.69, 9.17) is 5.11 Å². The summed E-state index contributed by atoms with van der Waals surface area (Å²) >= 11 is 0. The van der Waals surface area contributed by atoms with E-state index in [1.165, 1.54) is 24.5 Å². The van der Waals surface area contributed by atoms with Crippen LogP contribution in [-0.4, -0.2) is 44.4 Å². The van der Waals surface area contributed by atoms with Crippen molar-refractivity contribution in [1.29, 1.82) is 0 Å². The Morgan fingerprint density at radius 3 is 2.59 bits per heavy atom. The number of benzene rings is 1. The maximum Gasteiger partial charge on any atom is 0.356 e. The first-order chi connectivity index (χ1) is 12.9. The van der Waals surface area contributed by atoms with E-state index in [0.717, 1.165) is 36.3 Å². The smallest absolute Gasteiger partial charge is 0.356 e. The van der Waals surface area contributed by atoms with Crippen LogP contribution in [0.2, 0.25) is 0 Å². The summed E-state index contributed by atoms with van der Waals surface area (Å²) in [5, 5.41) is 13.4. The lowest BCUT2D eigenvalue weighted by Crippen LogP contribution is -2.20. The molecule has 0 spiro atoms. The SMILES string of the molecule is CN(CCCc1cc(-c2ccc(F)cc2)n(C)n1)c1cnc(C(=O)O)cn1. The molecule has 27 heavy (non-hydrogen) atoms. The number of hydrogen-bond acceptors (Lipinski definition) is 5. The first-order valence-corrected chi connectivity index (χ1v) is 8.49. The van der Waals surface area contributed by atoms with E-state index < -0.39 is 5.97 Å². The average Bonchev–Trinajstić information content (AvgIpc) is 3.03. The molecule has 0 aliphatic heterocycles. The summed E-state index contributed by atoms with van der Waals surface area (Å²) in [5.41, 5.74) is 2.74. The van der Waals surface area contributed by atoms with Crippen molar-refractivity contribution in [2.24, 2.45) is 7.05 Å². The number of aromatic carboxylic acids is 1. The van der Waals surface area contributed by atoms with Gasteiger partial charge in [0.1, 0.15) is 11.6 Å². The van der Waals surface area contributed by atoms with Crippen molar-refractivity contribution >= 4 is 11.8 Å². The van der Waals surface area contributed by atoms with Gasteiger partial charge in [0.05, 0.1) is 23.8 Å². The van der Waals surface area contributed by atoms with Crippen molar-refractivity contribution in [1.82, 2.24) is 19.7 Å². The number of nitrogens with zero attached hydrogens (tertiary/aromatic N) is 5. The van der Waals surface area contributed by atoms with Crippen LogP contribution in [0.5, 0.6) is 0 Å². The van der Waals surface area contributed by atoms with E-state index in [9.17, 15) is 9.18 Å². The second kappa shape index (κ2) is 7.94. The Balaban J connectivity index is 1.58. The lowest BCUT2D eigenvalue weighted by Gasteiger charge is -2.17. The Bertz CT molecular complexity index is 922. The normalized spacial score (nSPS) is 10.8. The van der Waals surface area contributed by atoms with Crippen LogP contribution in [0.1, 0.15) is 22.6 Å². The van der Waals surface area contributed by atoms with Gasteiger partial charge in [-0.25, -0.2) is 19.2 Å².